The van der Waals surface area contributed by atoms with Gasteiger partial charge in [0.1, 0.15) is 37.9 Å². The second kappa shape index (κ2) is 13.9. The van der Waals surface area contributed by atoms with Crippen molar-refractivity contribution in [2.75, 3.05) is 0 Å². The first-order valence-electron chi connectivity index (χ1n) is 15.5. The van der Waals surface area contributed by atoms with Crippen LogP contribution in [0, 0.1) is 11.8 Å². The van der Waals surface area contributed by atoms with Crippen molar-refractivity contribution in [2.24, 2.45) is 11.8 Å². The summed E-state index contributed by atoms with van der Waals surface area (Å²) >= 11 is 0. The molecule has 4 aromatic carbocycles. The molecule has 2 aliphatic rings. The minimum Gasteiger partial charge on any atom is -0.460 e. The molecule has 11 nitrogen and oxygen atoms in total. The highest BCUT2D eigenvalue weighted by Crippen LogP contribution is 2.32. The molecule has 50 heavy (non-hydrogen) atoms. The van der Waals surface area contributed by atoms with Gasteiger partial charge >= 0.3 is 11.9 Å². The largest absolute Gasteiger partial charge is 0.460 e. The smallest absolute Gasteiger partial charge is 0.313 e. The number of hydrogen-bond donors (Lipinski definition) is 0. The summed E-state index contributed by atoms with van der Waals surface area (Å²) in [4.78, 5) is 116. The molecule has 0 amide bonds. The first-order chi connectivity index (χ1) is 24.0. The molecule has 6 rings (SSSR count). The fourth-order valence-electron chi connectivity index (χ4n) is 5.89. The van der Waals surface area contributed by atoms with Gasteiger partial charge in [-0.15, -0.1) is 0 Å². The summed E-state index contributed by atoms with van der Waals surface area (Å²) in [6.45, 7) is -0.178. The first kappa shape index (κ1) is 33.4. The third-order valence-electron chi connectivity index (χ3n) is 8.44. The van der Waals surface area contributed by atoms with E-state index in [1.54, 1.807) is 60.7 Å². The molecule has 0 N–H and O–H groups in total. The summed E-state index contributed by atoms with van der Waals surface area (Å²) in [7, 11) is 0. The van der Waals surface area contributed by atoms with Gasteiger partial charge in [-0.05, 0) is 35.4 Å². The number of benzene rings is 4. The third kappa shape index (κ3) is 6.61. The monoisotopic (exact) mass is 670 g/mol. The molecular formula is C39H26O11. The number of ether oxygens (including phenoxy) is 2. The maximum Gasteiger partial charge on any atom is 0.313 e. The summed E-state index contributed by atoms with van der Waals surface area (Å²) < 4.78 is 10.2. The van der Waals surface area contributed by atoms with Gasteiger partial charge in [0.2, 0.25) is 0 Å². The van der Waals surface area contributed by atoms with E-state index in [9.17, 15) is 43.2 Å². The van der Waals surface area contributed by atoms with Crippen LogP contribution in [-0.4, -0.2) is 52.4 Å². The lowest BCUT2D eigenvalue weighted by Gasteiger charge is -2.07. The van der Waals surface area contributed by atoms with Crippen molar-refractivity contribution in [2.45, 2.75) is 26.1 Å². The van der Waals surface area contributed by atoms with Crippen molar-refractivity contribution in [1.82, 2.24) is 0 Å². The van der Waals surface area contributed by atoms with Gasteiger partial charge in [0.25, 0.3) is 0 Å². The van der Waals surface area contributed by atoms with Crippen LogP contribution in [0.2, 0.25) is 0 Å². The minimum absolute atomic E-state index is 0.0502. The van der Waals surface area contributed by atoms with Crippen molar-refractivity contribution >= 4 is 52.4 Å². The summed E-state index contributed by atoms with van der Waals surface area (Å²) in [6.07, 6.45) is -1.59. The molecule has 0 aromatic heterocycles. The van der Waals surface area contributed by atoms with E-state index in [2.05, 4.69) is 0 Å². The van der Waals surface area contributed by atoms with Gasteiger partial charge in [-0.2, -0.15) is 0 Å². The number of fused-ring (bicyclic) bond motifs is 2. The number of carbonyl (C=O) groups excluding carboxylic acids is 9. The van der Waals surface area contributed by atoms with Crippen LogP contribution in [0.4, 0.5) is 0 Å². The van der Waals surface area contributed by atoms with Crippen LogP contribution in [-0.2, 0) is 41.9 Å². The topological polar surface area (TPSA) is 172 Å². The Bertz CT molecular complexity index is 1980. The fraction of sp³-hybridized carbons (Fsp3) is 0.154. The van der Waals surface area contributed by atoms with Crippen molar-refractivity contribution in [3.8, 4) is 0 Å². The Balaban J connectivity index is 1.11. The van der Waals surface area contributed by atoms with E-state index in [1.807, 2.05) is 0 Å². The Morgan fingerprint density at radius 1 is 0.460 bits per heavy atom. The second-order valence-corrected chi connectivity index (χ2v) is 11.8. The van der Waals surface area contributed by atoms with E-state index in [1.165, 1.54) is 24.3 Å². The van der Waals surface area contributed by atoms with Crippen LogP contribution in [0.25, 0.3) is 0 Å². The third-order valence-corrected chi connectivity index (χ3v) is 8.44. The quantitative estimate of drug-likeness (QED) is 0.119. The number of carbonyl (C=O) groups is 9. The zero-order valence-electron chi connectivity index (χ0n) is 26.2. The van der Waals surface area contributed by atoms with Gasteiger partial charge in [-0.25, -0.2) is 0 Å². The van der Waals surface area contributed by atoms with Gasteiger partial charge in [0.05, 0.1) is 0 Å². The SMILES string of the molecule is O=C(CC(=O)C1C(=O)c2ccc(C(=O)c3ccc4c(c3)C(=O)C(C(=O)CC(=O)OCc3ccccc3)C4=O)cc2C1=O)OCc1ccccc1. The predicted octanol–water partition coefficient (Wildman–Crippen LogP) is 4.31. The van der Waals surface area contributed by atoms with Gasteiger partial charge < -0.3 is 9.47 Å². The normalized spacial score (nSPS) is 16.1. The van der Waals surface area contributed by atoms with Crippen molar-refractivity contribution in [3.05, 3.63) is 142 Å². The van der Waals surface area contributed by atoms with Crippen LogP contribution in [0.15, 0.2) is 97.1 Å². The number of Topliss-reactive ketones (excluding diaryl/α,β-unsaturated/α-hetero) is 6. The predicted molar refractivity (Wildman–Crippen MR) is 172 cm³/mol. The molecule has 0 aliphatic heterocycles. The first-order valence-corrected chi connectivity index (χ1v) is 15.5. The maximum atomic E-state index is 13.5. The van der Waals surface area contributed by atoms with Gasteiger partial charge in [-0.3, -0.25) is 43.2 Å². The van der Waals surface area contributed by atoms with Crippen molar-refractivity contribution in [3.63, 3.8) is 0 Å². The molecule has 2 aliphatic carbocycles. The van der Waals surface area contributed by atoms with Crippen LogP contribution >= 0.6 is 0 Å². The molecule has 0 saturated carbocycles. The standard InChI is InChI=1S/C39H26O11/c40-29(17-31(42)49-19-21-7-3-1-4-8-21)33-36(45)25-13-11-23(15-27(25)38(33)47)35(44)24-12-14-26-28(16-24)39(48)34(37(26)46)30(41)18-32(43)50-20-22-9-5-2-6-10-22/h1-16,33-34H,17-20H2. The highest BCUT2D eigenvalue weighted by molar-refractivity contribution is 6.38. The minimum atomic E-state index is -1.76. The molecule has 0 heterocycles. The van der Waals surface area contributed by atoms with Crippen LogP contribution < -0.4 is 0 Å². The fourth-order valence-corrected chi connectivity index (χ4v) is 5.89. The molecule has 0 saturated heterocycles. The van der Waals surface area contributed by atoms with E-state index in [-0.39, 0.29) is 46.6 Å². The molecule has 248 valence electrons. The highest BCUT2D eigenvalue weighted by Gasteiger charge is 2.45. The number of hydrogen-bond acceptors (Lipinski definition) is 11. The van der Waals surface area contributed by atoms with E-state index >= 15 is 0 Å². The second-order valence-electron chi connectivity index (χ2n) is 11.8. The molecule has 4 aromatic rings. The zero-order chi connectivity index (χ0) is 35.5. The average molecular weight is 671 g/mol. The molecule has 11 heteroatoms. The van der Waals surface area contributed by atoms with Crippen LogP contribution in [0.5, 0.6) is 0 Å². The van der Waals surface area contributed by atoms with E-state index < -0.39 is 77.1 Å². The van der Waals surface area contributed by atoms with Gasteiger partial charge in [0.15, 0.2) is 40.5 Å². The number of esters is 2. The highest BCUT2D eigenvalue weighted by atomic mass is 16.5. The molecule has 0 spiro atoms. The Labute approximate surface area is 284 Å². The number of ketones is 7. The van der Waals surface area contributed by atoms with Crippen LogP contribution in [0.3, 0.4) is 0 Å². The molecule has 0 radical (unpaired) electrons. The van der Waals surface area contributed by atoms with Crippen molar-refractivity contribution in [1.29, 1.82) is 0 Å². The molecule has 0 bridgehead atoms. The Morgan fingerprint density at radius 3 is 1.20 bits per heavy atom. The summed E-state index contributed by atoms with van der Waals surface area (Å²) in [5, 5.41) is 0. The Kier molecular flexibility index (Phi) is 9.31. The average Bonchev–Trinajstić information content (AvgIpc) is 3.53. The lowest BCUT2D eigenvalue weighted by molar-refractivity contribution is -0.149. The lowest BCUT2D eigenvalue weighted by Crippen LogP contribution is -2.28. The molecule has 2 atom stereocenters. The lowest BCUT2D eigenvalue weighted by atomic mass is 9.95. The Morgan fingerprint density at radius 2 is 0.820 bits per heavy atom. The summed E-state index contributed by atoms with van der Waals surface area (Å²) in [5.74, 6) is -11.2. The zero-order valence-corrected chi connectivity index (χ0v) is 26.2. The van der Waals surface area contributed by atoms with Crippen molar-refractivity contribution < 1.29 is 52.6 Å². The Hall–Kier alpha value is -6.49. The van der Waals surface area contributed by atoms with E-state index in [0.717, 1.165) is 12.1 Å². The number of rotatable bonds is 12. The molecule has 0 fully saturated rings. The van der Waals surface area contributed by atoms with E-state index in [0.29, 0.717) is 11.1 Å². The van der Waals surface area contributed by atoms with E-state index in [4.69, 9.17) is 9.47 Å². The van der Waals surface area contributed by atoms with Crippen LogP contribution in [0.1, 0.15) is 81.3 Å². The molecular weight excluding hydrogens is 644 g/mol. The van der Waals surface area contributed by atoms with Gasteiger partial charge in [-0.1, -0.05) is 72.8 Å². The molecule has 2 unspecified atom stereocenters. The summed E-state index contributed by atoms with van der Waals surface area (Å²) in [6, 6.07) is 24.8. The maximum absolute atomic E-state index is 13.5. The van der Waals surface area contributed by atoms with Gasteiger partial charge in [0, 0.05) is 33.4 Å². The summed E-state index contributed by atoms with van der Waals surface area (Å²) in [5.41, 5.74) is 0.771.